The predicted octanol–water partition coefficient (Wildman–Crippen LogP) is 2.93. The third kappa shape index (κ3) is 1.81. The molecule has 94 valence electrons. The second-order valence-corrected chi connectivity index (χ2v) is 5.34. The summed E-state index contributed by atoms with van der Waals surface area (Å²) in [6.07, 6.45) is 5.68. The highest BCUT2D eigenvalue weighted by molar-refractivity contribution is 6.34. The van der Waals surface area contributed by atoms with Crippen molar-refractivity contribution in [3.05, 3.63) is 23.1 Å². The van der Waals surface area contributed by atoms with E-state index in [0.717, 1.165) is 42.4 Å². The van der Waals surface area contributed by atoms with Gasteiger partial charge in [-0.15, -0.1) is 0 Å². The molecule has 1 saturated carbocycles. The van der Waals surface area contributed by atoms with Crippen LogP contribution in [0.25, 0.3) is 11.2 Å². The lowest BCUT2D eigenvalue weighted by Gasteiger charge is -2.12. The molecule has 5 heteroatoms. The molecule has 0 radical (unpaired) electrons. The van der Waals surface area contributed by atoms with Crippen molar-refractivity contribution in [2.45, 2.75) is 32.2 Å². The Labute approximate surface area is 110 Å². The van der Waals surface area contributed by atoms with E-state index in [1.54, 1.807) is 6.33 Å². The number of carbonyl (C=O) groups is 1. The number of aromatic nitrogens is 3. The fraction of sp³-hybridized carbons (Fsp3) is 0.462. The van der Waals surface area contributed by atoms with Crippen LogP contribution in [0, 0.1) is 12.8 Å². The van der Waals surface area contributed by atoms with Gasteiger partial charge in [-0.2, -0.15) is 0 Å². The van der Waals surface area contributed by atoms with Gasteiger partial charge in [0.25, 0.3) is 0 Å². The SMILES string of the molecule is Cc1cc(Cl)c2ncn([C@H]3CCC(C=O)C3)c2n1. The van der Waals surface area contributed by atoms with E-state index >= 15 is 0 Å². The Balaban J connectivity index is 2.05. The molecule has 1 aliphatic carbocycles. The molecule has 4 nitrogen and oxygen atoms in total. The van der Waals surface area contributed by atoms with Crippen LogP contribution in [-0.4, -0.2) is 20.8 Å². The third-order valence-corrected chi connectivity index (χ3v) is 3.93. The van der Waals surface area contributed by atoms with Crippen molar-refractivity contribution in [1.82, 2.24) is 14.5 Å². The van der Waals surface area contributed by atoms with Crippen molar-refractivity contribution in [2.75, 3.05) is 0 Å². The van der Waals surface area contributed by atoms with Gasteiger partial charge in [0.1, 0.15) is 11.8 Å². The summed E-state index contributed by atoms with van der Waals surface area (Å²) < 4.78 is 2.07. The monoisotopic (exact) mass is 263 g/mol. The van der Waals surface area contributed by atoms with Gasteiger partial charge >= 0.3 is 0 Å². The van der Waals surface area contributed by atoms with Crippen LogP contribution in [0.4, 0.5) is 0 Å². The topological polar surface area (TPSA) is 47.8 Å². The van der Waals surface area contributed by atoms with Crippen LogP contribution in [0.15, 0.2) is 12.4 Å². The fourth-order valence-corrected chi connectivity index (χ4v) is 3.01. The maximum absolute atomic E-state index is 10.8. The van der Waals surface area contributed by atoms with E-state index in [-0.39, 0.29) is 5.92 Å². The number of pyridine rings is 1. The molecule has 2 aromatic rings. The Kier molecular flexibility index (Phi) is 2.82. The van der Waals surface area contributed by atoms with E-state index in [4.69, 9.17) is 11.6 Å². The molecular formula is C13H14ClN3O. The van der Waals surface area contributed by atoms with Crippen molar-refractivity contribution in [1.29, 1.82) is 0 Å². The number of fused-ring (bicyclic) bond motifs is 1. The Bertz CT molecular complexity index is 608. The highest BCUT2D eigenvalue weighted by Crippen LogP contribution is 2.35. The van der Waals surface area contributed by atoms with E-state index in [1.807, 2.05) is 13.0 Å². The number of aldehydes is 1. The van der Waals surface area contributed by atoms with Gasteiger partial charge in [0.2, 0.25) is 0 Å². The number of hydrogen-bond acceptors (Lipinski definition) is 3. The lowest BCUT2D eigenvalue weighted by molar-refractivity contribution is -0.110. The molecule has 1 fully saturated rings. The Morgan fingerprint density at radius 3 is 3.06 bits per heavy atom. The molecule has 0 N–H and O–H groups in total. The molecule has 0 saturated heterocycles. The second-order valence-electron chi connectivity index (χ2n) is 4.93. The zero-order valence-electron chi connectivity index (χ0n) is 10.1. The molecule has 2 heterocycles. The molecule has 0 bridgehead atoms. The predicted molar refractivity (Wildman–Crippen MR) is 69.7 cm³/mol. The van der Waals surface area contributed by atoms with Crippen molar-refractivity contribution in [3.8, 4) is 0 Å². The number of aryl methyl sites for hydroxylation is 1. The summed E-state index contributed by atoms with van der Waals surface area (Å²) in [6.45, 7) is 1.92. The lowest BCUT2D eigenvalue weighted by atomic mass is 10.1. The van der Waals surface area contributed by atoms with E-state index in [1.165, 1.54) is 0 Å². The lowest BCUT2D eigenvalue weighted by Crippen LogP contribution is -2.06. The van der Waals surface area contributed by atoms with Gasteiger partial charge in [-0.25, -0.2) is 9.97 Å². The standard InChI is InChI=1S/C13H14ClN3O/c1-8-4-11(14)12-13(16-8)17(7-15-12)10-3-2-9(5-10)6-18/h4,6-7,9-10H,2-3,5H2,1H3/t9?,10-/m0/s1. The van der Waals surface area contributed by atoms with Gasteiger partial charge in [-0.3, -0.25) is 0 Å². The maximum atomic E-state index is 10.8. The average Bonchev–Trinajstić information content (AvgIpc) is 2.93. The van der Waals surface area contributed by atoms with Crippen LogP contribution < -0.4 is 0 Å². The summed E-state index contributed by atoms with van der Waals surface area (Å²) in [5, 5.41) is 0.640. The number of nitrogens with zero attached hydrogens (tertiary/aromatic N) is 3. The Morgan fingerprint density at radius 2 is 2.33 bits per heavy atom. The molecule has 3 rings (SSSR count). The highest BCUT2D eigenvalue weighted by atomic mass is 35.5. The zero-order valence-corrected chi connectivity index (χ0v) is 10.9. The summed E-state index contributed by atoms with van der Waals surface area (Å²) in [5.74, 6) is 0.174. The van der Waals surface area contributed by atoms with Gasteiger partial charge in [-0.05, 0) is 32.3 Å². The number of carbonyl (C=O) groups excluding carboxylic acids is 1. The van der Waals surface area contributed by atoms with Crippen LogP contribution >= 0.6 is 11.6 Å². The molecule has 1 aliphatic rings. The molecule has 18 heavy (non-hydrogen) atoms. The molecular weight excluding hydrogens is 250 g/mol. The van der Waals surface area contributed by atoms with E-state index in [2.05, 4.69) is 14.5 Å². The minimum atomic E-state index is 0.174. The van der Waals surface area contributed by atoms with E-state index < -0.39 is 0 Å². The van der Waals surface area contributed by atoms with Crippen molar-refractivity contribution >= 4 is 29.1 Å². The first-order chi connectivity index (χ1) is 8.69. The molecule has 0 aliphatic heterocycles. The summed E-state index contributed by atoms with van der Waals surface area (Å²) in [4.78, 5) is 19.7. The van der Waals surface area contributed by atoms with Crippen molar-refractivity contribution in [2.24, 2.45) is 5.92 Å². The van der Waals surface area contributed by atoms with Gasteiger partial charge in [-0.1, -0.05) is 11.6 Å². The first-order valence-electron chi connectivity index (χ1n) is 6.14. The van der Waals surface area contributed by atoms with E-state index in [0.29, 0.717) is 11.1 Å². The number of halogens is 1. The second kappa shape index (κ2) is 4.35. The minimum absolute atomic E-state index is 0.174. The molecule has 2 atom stereocenters. The normalized spacial score (nSPS) is 23.7. The quantitative estimate of drug-likeness (QED) is 0.783. The van der Waals surface area contributed by atoms with Gasteiger partial charge in [0, 0.05) is 17.7 Å². The smallest absolute Gasteiger partial charge is 0.161 e. The minimum Gasteiger partial charge on any atom is -0.312 e. The Hall–Kier alpha value is -1.42. The molecule has 0 aromatic carbocycles. The Morgan fingerprint density at radius 1 is 1.50 bits per heavy atom. The first kappa shape index (κ1) is 11.7. The number of hydrogen-bond donors (Lipinski definition) is 0. The fourth-order valence-electron chi connectivity index (χ4n) is 2.72. The molecule has 1 unspecified atom stereocenters. The van der Waals surface area contributed by atoms with Crippen LogP contribution in [0.3, 0.4) is 0 Å². The van der Waals surface area contributed by atoms with Crippen LogP contribution in [0.2, 0.25) is 5.02 Å². The van der Waals surface area contributed by atoms with Crippen molar-refractivity contribution in [3.63, 3.8) is 0 Å². The van der Waals surface area contributed by atoms with Gasteiger partial charge in [0.05, 0.1) is 11.3 Å². The maximum Gasteiger partial charge on any atom is 0.161 e. The van der Waals surface area contributed by atoms with Crippen LogP contribution in [-0.2, 0) is 4.79 Å². The summed E-state index contributed by atoms with van der Waals surface area (Å²) in [7, 11) is 0. The van der Waals surface area contributed by atoms with Crippen molar-refractivity contribution < 1.29 is 4.79 Å². The number of rotatable bonds is 2. The first-order valence-corrected chi connectivity index (χ1v) is 6.52. The van der Waals surface area contributed by atoms with E-state index in [9.17, 15) is 4.79 Å². The largest absolute Gasteiger partial charge is 0.312 e. The van der Waals surface area contributed by atoms with Gasteiger partial charge < -0.3 is 9.36 Å². The average molecular weight is 264 g/mol. The van der Waals surface area contributed by atoms with Gasteiger partial charge in [0.15, 0.2) is 5.65 Å². The third-order valence-electron chi connectivity index (χ3n) is 3.64. The van der Waals surface area contributed by atoms with Crippen LogP contribution in [0.5, 0.6) is 0 Å². The highest BCUT2D eigenvalue weighted by Gasteiger charge is 2.27. The molecule has 2 aromatic heterocycles. The summed E-state index contributed by atoms with van der Waals surface area (Å²) >= 11 is 6.17. The summed E-state index contributed by atoms with van der Waals surface area (Å²) in [6, 6.07) is 2.14. The summed E-state index contributed by atoms with van der Waals surface area (Å²) in [5.41, 5.74) is 2.47. The molecule has 0 amide bonds. The number of imidazole rings is 1. The molecule has 0 spiro atoms. The zero-order chi connectivity index (χ0) is 12.7. The van der Waals surface area contributed by atoms with Crippen LogP contribution in [0.1, 0.15) is 31.0 Å².